The molecule has 1 N–H and O–H groups in total. The summed E-state index contributed by atoms with van der Waals surface area (Å²) in [5.41, 5.74) is 5.03. The maximum atomic E-state index is 13.6. The lowest BCUT2D eigenvalue weighted by molar-refractivity contribution is -0.133. The van der Waals surface area contributed by atoms with Gasteiger partial charge >= 0.3 is 6.03 Å². The van der Waals surface area contributed by atoms with Crippen molar-refractivity contribution in [3.63, 3.8) is 0 Å². The van der Waals surface area contributed by atoms with Crippen molar-refractivity contribution in [1.29, 1.82) is 0 Å². The Balaban J connectivity index is 1.43. The Bertz CT molecular complexity index is 1290. The van der Waals surface area contributed by atoms with E-state index in [9.17, 15) is 9.59 Å². The van der Waals surface area contributed by atoms with Crippen LogP contribution < -0.4 is 10.2 Å². The zero-order valence-corrected chi connectivity index (χ0v) is 19.2. The summed E-state index contributed by atoms with van der Waals surface area (Å²) in [5.74, 6) is -0.236. The van der Waals surface area contributed by atoms with E-state index in [1.54, 1.807) is 11.8 Å². The predicted octanol–water partition coefficient (Wildman–Crippen LogP) is 3.79. The molecule has 0 saturated carbocycles. The summed E-state index contributed by atoms with van der Waals surface area (Å²) >= 11 is 0. The first-order chi connectivity index (χ1) is 16.6. The molecule has 1 saturated heterocycles. The number of hydrogen-bond acceptors (Lipinski definition) is 3. The third-order valence-corrected chi connectivity index (χ3v) is 7.33. The molecule has 1 fully saturated rings. The van der Waals surface area contributed by atoms with Crippen LogP contribution in [-0.2, 0) is 11.2 Å². The lowest BCUT2D eigenvalue weighted by atomic mass is 9.79. The number of amides is 3. The van der Waals surface area contributed by atoms with Crippen LogP contribution >= 0.6 is 0 Å². The number of aromatic nitrogens is 1. The minimum Gasteiger partial charge on any atom is -0.417 e. The highest BCUT2D eigenvalue weighted by atomic mass is 16.6. The Morgan fingerprint density at radius 3 is 2.59 bits per heavy atom. The van der Waals surface area contributed by atoms with E-state index in [2.05, 4.69) is 17.5 Å². The van der Waals surface area contributed by atoms with Crippen molar-refractivity contribution in [2.45, 2.75) is 25.3 Å². The normalized spacial score (nSPS) is 21.3. The zero-order chi connectivity index (χ0) is 23.2. The fraction of sp³-hybridized carbons (Fsp3) is 0.333. The van der Waals surface area contributed by atoms with E-state index in [1.807, 2.05) is 58.5 Å². The fourth-order valence-electron chi connectivity index (χ4n) is 5.73. The van der Waals surface area contributed by atoms with Crippen LogP contribution in [0.2, 0.25) is 0 Å². The summed E-state index contributed by atoms with van der Waals surface area (Å²) in [5, 5.41) is 4.19. The van der Waals surface area contributed by atoms with Gasteiger partial charge in [-0.2, -0.15) is 4.73 Å². The van der Waals surface area contributed by atoms with Crippen LogP contribution in [-0.4, -0.2) is 59.3 Å². The largest absolute Gasteiger partial charge is 0.417 e. The van der Waals surface area contributed by atoms with E-state index in [4.69, 9.17) is 4.84 Å². The van der Waals surface area contributed by atoms with Crippen LogP contribution in [0.25, 0.3) is 16.5 Å². The van der Waals surface area contributed by atoms with E-state index in [0.717, 1.165) is 59.2 Å². The first-order valence-corrected chi connectivity index (χ1v) is 11.9. The van der Waals surface area contributed by atoms with Gasteiger partial charge in [0.2, 0.25) is 5.91 Å². The van der Waals surface area contributed by atoms with Crippen molar-refractivity contribution < 1.29 is 14.4 Å². The van der Waals surface area contributed by atoms with Gasteiger partial charge in [-0.05, 0) is 54.2 Å². The smallest absolute Gasteiger partial charge is 0.322 e. The SMILES string of the molecule is COn1cc2c3c(cccc31)C1=C[C@@H](C(=O)N3CCCC3)CN(C(=O)Nc3ccccc3)[C@@H]1C2. The highest BCUT2D eigenvalue weighted by Crippen LogP contribution is 2.42. The first kappa shape index (κ1) is 20.8. The van der Waals surface area contributed by atoms with Crippen LogP contribution in [0.3, 0.4) is 0 Å². The number of hydrogen-bond donors (Lipinski definition) is 1. The summed E-state index contributed by atoms with van der Waals surface area (Å²) in [6.45, 7) is 1.97. The molecule has 1 aliphatic carbocycles. The van der Waals surface area contributed by atoms with E-state index >= 15 is 0 Å². The number of carbonyl (C=O) groups excluding carboxylic acids is 2. The van der Waals surface area contributed by atoms with Gasteiger partial charge in [0.25, 0.3) is 0 Å². The molecule has 2 aliphatic heterocycles. The molecule has 3 amide bonds. The standard InChI is InChI=1S/C27H28N4O3/c1-34-31-17-18-15-24-22(21-10-7-11-23(31)25(18)21)14-19(26(32)29-12-5-6-13-29)16-30(24)27(33)28-20-8-3-2-4-9-20/h2-4,7-11,14,17,19,24H,5-6,12-13,15-16H2,1H3,(H,28,33)/t19-,24-/m1/s1. The van der Waals surface area contributed by atoms with Crippen LogP contribution in [0.5, 0.6) is 0 Å². The van der Waals surface area contributed by atoms with E-state index in [0.29, 0.717) is 13.0 Å². The van der Waals surface area contributed by atoms with Gasteiger partial charge in [0, 0.05) is 36.9 Å². The second kappa shape index (κ2) is 8.24. The zero-order valence-electron chi connectivity index (χ0n) is 19.2. The minimum atomic E-state index is -0.354. The molecular formula is C27H28N4O3. The van der Waals surface area contributed by atoms with Gasteiger partial charge in [-0.3, -0.25) is 4.79 Å². The molecule has 6 rings (SSSR count). The van der Waals surface area contributed by atoms with Crippen LogP contribution in [0.15, 0.2) is 60.8 Å². The Morgan fingerprint density at radius 1 is 1.03 bits per heavy atom. The average Bonchev–Trinajstić information content (AvgIpc) is 3.53. The van der Waals surface area contributed by atoms with Crippen molar-refractivity contribution in [1.82, 2.24) is 14.5 Å². The maximum absolute atomic E-state index is 13.6. The Morgan fingerprint density at radius 2 is 1.82 bits per heavy atom. The van der Waals surface area contributed by atoms with Crippen LogP contribution in [0.1, 0.15) is 24.0 Å². The lowest BCUT2D eigenvalue weighted by Gasteiger charge is -2.42. The molecule has 0 bridgehead atoms. The Kier molecular flexibility index (Phi) is 5.05. The van der Waals surface area contributed by atoms with Gasteiger partial charge in [-0.15, -0.1) is 0 Å². The van der Waals surface area contributed by atoms with Gasteiger partial charge in [-0.25, -0.2) is 4.79 Å². The molecule has 0 unspecified atom stereocenters. The van der Waals surface area contributed by atoms with Gasteiger partial charge in [0.15, 0.2) is 0 Å². The molecule has 1 aromatic heterocycles. The number of likely N-dealkylation sites (tertiary alicyclic amines) is 1. The second-order valence-corrected chi connectivity index (χ2v) is 9.29. The van der Waals surface area contributed by atoms with Crippen molar-refractivity contribution in [2.24, 2.45) is 5.92 Å². The number of carbonyl (C=O) groups is 2. The molecular weight excluding hydrogens is 428 g/mol. The molecule has 2 atom stereocenters. The van der Waals surface area contributed by atoms with E-state index in [1.165, 1.54) is 0 Å². The van der Waals surface area contributed by atoms with Crippen LogP contribution in [0, 0.1) is 5.92 Å². The number of benzene rings is 2. The molecule has 7 heteroatoms. The molecule has 174 valence electrons. The van der Waals surface area contributed by atoms with Gasteiger partial charge in [0.1, 0.15) is 7.11 Å². The quantitative estimate of drug-likeness (QED) is 0.652. The number of nitrogens with zero attached hydrogens (tertiary/aromatic N) is 3. The number of fused-ring (bicyclic) bond motifs is 2. The van der Waals surface area contributed by atoms with E-state index in [-0.39, 0.29) is 23.9 Å². The summed E-state index contributed by atoms with van der Waals surface area (Å²) < 4.78 is 1.79. The van der Waals surface area contributed by atoms with Crippen molar-refractivity contribution >= 4 is 34.1 Å². The third kappa shape index (κ3) is 3.34. The molecule has 2 aromatic carbocycles. The van der Waals surface area contributed by atoms with Crippen molar-refractivity contribution in [2.75, 3.05) is 32.1 Å². The van der Waals surface area contributed by atoms with Gasteiger partial charge in [-0.1, -0.05) is 36.4 Å². The number of rotatable bonds is 3. The average molecular weight is 457 g/mol. The van der Waals surface area contributed by atoms with E-state index < -0.39 is 0 Å². The van der Waals surface area contributed by atoms with Crippen molar-refractivity contribution in [3.8, 4) is 0 Å². The molecule has 0 radical (unpaired) electrons. The number of urea groups is 1. The predicted molar refractivity (Wildman–Crippen MR) is 131 cm³/mol. The summed E-state index contributed by atoms with van der Waals surface area (Å²) in [4.78, 5) is 36.4. The second-order valence-electron chi connectivity index (χ2n) is 9.29. The molecule has 3 aromatic rings. The van der Waals surface area contributed by atoms with Gasteiger partial charge in [0.05, 0.1) is 17.5 Å². The number of para-hydroxylation sites is 1. The van der Waals surface area contributed by atoms with Crippen LogP contribution in [0.4, 0.5) is 10.5 Å². The van der Waals surface area contributed by atoms with Gasteiger partial charge < -0.3 is 20.0 Å². The number of nitrogens with one attached hydrogen (secondary N) is 1. The fourth-order valence-corrected chi connectivity index (χ4v) is 5.73. The third-order valence-electron chi connectivity index (χ3n) is 7.33. The Labute approximate surface area is 198 Å². The molecule has 7 nitrogen and oxygen atoms in total. The summed E-state index contributed by atoms with van der Waals surface area (Å²) in [6.07, 6.45) is 6.91. The Hall–Kier alpha value is -3.74. The van der Waals surface area contributed by atoms with Crippen molar-refractivity contribution in [3.05, 3.63) is 71.9 Å². The summed E-state index contributed by atoms with van der Waals surface area (Å²) in [6, 6.07) is 15.3. The maximum Gasteiger partial charge on any atom is 0.322 e. The molecule has 0 spiro atoms. The number of anilines is 1. The molecule has 3 heterocycles. The molecule has 3 aliphatic rings. The summed E-state index contributed by atoms with van der Waals surface area (Å²) in [7, 11) is 1.66. The first-order valence-electron chi connectivity index (χ1n) is 11.9. The molecule has 34 heavy (non-hydrogen) atoms. The minimum absolute atomic E-state index is 0.119. The highest BCUT2D eigenvalue weighted by molar-refractivity contribution is 6.01. The topological polar surface area (TPSA) is 66.8 Å². The lowest BCUT2D eigenvalue weighted by Crippen LogP contribution is -2.52. The monoisotopic (exact) mass is 456 g/mol. The highest BCUT2D eigenvalue weighted by Gasteiger charge is 2.41.